The topological polar surface area (TPSA) is 105 Å². The lowest BCUT2D eigenvalue weighted by Gasteiger charge is -2.35. The van der Waals surface area contributed by atoms with Crippen LogP contribution < -0.4 is 15.0 Å². The van der Waals surface area contributed by atoms with Crippen LogP contribution in [0.1, 0.15) is 22.8 Å². The Labute approximate surface area is 193 Å². The van der Waals surface area contributed by atoms with Crippen molar-refractivity contribution in [3.8, 4) is 5.75 Å². The van der Waals surface area contributed by atoms with Crippen molar-refractivity contribution in [3.63, 3.8) is 0 Å². The van der Waals surface area contributed by atoms with Crippen molar-refractivity contribution in [2.45, 2.75) is 19.6 Å². The number of hydrogen-bond acceptors (Lipinski definition) is 6. The molecule has 0 atom stereocenters. The standard InChI is InChI=1S/C22H23F3N4O5/c1-15(30)27-7-9-28(10-8-27)19-6-5-17(12-20(19)29(32)33)21(31)26-13-16-3-2-4-18(11-16)34-14-22(23,24)25/h2-6,11-12H,7-10,13-14H2,1H3,(H,26,31). The van der Waals surface area contributed by atoms with Gasteiger partial charge in [0.15, 0.2) is 6.61 Å². The molecule has 0 aromatic heterocycles. The highest BCUT2D eigenvalue weighted by molar-refractivity contribution is 5.95. The lowest BCUT2D eigenvalue weighted by Crippen LogP contribution is -2.48. The number of amides is 2. The molecule has 1 heterocycles. The molecular formula is C22H23F3N4O5. The van der Waals surface area contributed by atoms with Gasteiger partial charge in [0, 0.05) is 51.3 Å². The molecule has 3 rings (SSSR count). The molecule has 0 saturated carbocycles. The Morgan fingerprint density at radius 2 is 1.82 bits per heavy atom. The number of carbonyl (C=O) groups excluding carboxylic acids is 2. The van der Waals surface area contributed by atoms with Gasteiger partial charge in [0.25, 0.3) is 11.6 Å². The molecule has 1 aliphatic heterocycles. The lowest BCUT2D eigenvalue weighted by atomic mass is 10.1. The van der Waals surface area contributed by atoms with Crippen LogP contribution in [-0.2, 0) is 11.3 Å². The van der Waals surface area contributed by atoms with E-state index in [-0.39, 0.29) is 29.5 Å². The number of piperazine rings is 1. The molecule has 2 aromatic carbocycles. The van der Waals surface area contributed by atoms with Gasteiger partial charge in [0.05, 0.1) is 4.92 Å². The van der Waals surface area contributed by atoms with Crippen LogP contribution in [0.3, 0.4) is 0 Å². The Balaban J connectivity index is 1.66. The summed E-state index contributed by atoms with van der Waals surface area (Å²) in [6, 6.07) is 10.0. The summed E-state index contributed by atoms with van der Waals surface area (Å²) in [5.74, 6) is -0.620. The van der Waals surface area contributed by atoms with Crippen molar-refractivity contribution in [2.75, 3.05) is 37.7 Å². The van der Waals surface area contributed by atoms with Crippen LogP contribution >= 0.6 is 0 Å². The molecule has 2 aromatic rings. The molecule has 182 valence electrons. The minimum Gasteiger partial charge on any atom is -0.484 e. The fraction of sp³-hybridized carbons (Fsp3) is 0.364. The van der Waals surface area contributed by atoms with Crippen molar-refractivity contribution in [3.05, 3.63) is 63.7 Å². The van der Waals surface area contributed by atoms with Gasteiger partial charge in [0.2, 0.25) is 5.91 Å². The molecule has 1 aliphatic rings. The van der Waals surface area contributed by atoms with E-state index in [1.807, 2.05) is 0 Å². The van der Waals surface area contributed by atoms with Crippen LogP contribution in [0.25, 0.3) is 0 Å². The van der Waals surface area contributed by atoms with Gasteiger partial charge in [-0.2, -0.15) is 13.2 Å². The zero-order chi connectivity index (χ0) is 24.9. The lowest BCUT2D eigenvalue weighted by molar-refractivity contribution is -0.384. The number of nitro benzene ring substituents is 1. The maximum absolute atomic E-state index is 12.6. The molecule has 0 bridgehead atoms. The van der Waals surface area contributed by atoms with Gasteiger partial charge in [-0.25, -0.2) is 0 Å². The summed E-state index contributed by atoms with van der Waals surface area (Å²) < 4.78 is 41.7. The Morgan fingerprint density at radius 1 is 1.12 bits per heavy atom. The van der Waals surface area contributed by atoms with Crippen LogP contribution in [0.15, 0.2) is 42.5 Å². The summed E-state index contributed by atoms with van der Waals surface area (Å²) in [7, 11) is 0. The van der Waals surface area contributed by atoms with Gasteiger partial charge < -0.3 is 19.9 Å². The zero-order valence-corrected chi connectivity index (χ0v) is 18.3. The zero-order valence-electron chi connectivity index (χ0n) is 18.3. The molecule has 0 spiro atoms. The quantitative estimate of drug-likeness (QED) is 0.482. The number of alkyl halides is 3. The van der Waals surface area contributed by atoms with Crippen molar-refractivity contribution in [1.29, 1.82) is 0 Å². The molecule has 1 fully saturated rings. The second-order valence-electron chi connectivity index (χ2n) is 7.69. The molecule has 1 saturated heterocycles. The molecule has 1 N–H and O–H groups in total. The monoisotopic (exact) mass is 480 g/mol. The highest BCUT2D eigenvalue weighted by atomic mass is 19.4. The van der Waals surface area contributed by atoms with E-state index in [9.17, 15) is 32.9 Å². The molecule has 9 nitrogen and oxygen atoms in total. The number of nitrogens with zero attached hydrogens (tertiary/aromatic N) is 3. The fourth-order valence-corrected chi connectivity index (χ4v) is 3.54. The minimum absolute atomic E-state index is 0.00827. The van der Waals surface area contributed by atoms with E-state index >= 15 is 0 Å². The van der Waals surface area contributed by atoms with Gasteiger partial charge in [-0.05, 0) is 29.8 Å². The molecule has 0 radical (unpaired) electrons. The molecule has 0 unspecified atom stereocenters. The number of hydrogen-bond donors (Lipinski definition) is 1. The van der Waals surface area contributed by atoms with E-state index in [0.717, 1.165) is 0 Å². The Hall–Kier alpha value is -3.83. The van der Waals surface area contributed by atoms with E-state index in [0.29, 0.717) is 37.4 Å². The maximum Gasteiger partial charge on any atom is 0.422 e. The van der Waals surface area contributed by atoms with Crippen LogP contribution in [0, 0.1) is 10.1 Å². The second kappa shape index (κ2) is 10.4. The van der Waals surface area contributed by atoms with Crippen molar-refractivity contribution in [2.24, 2.45) is 0 Å². The average Bonchev–Trinajstić information content (AvgIpc) is 2.80. The first kappa shape index (κ1) is 24.8. The summed E-state index contributed by atoms with van der Waals surface area (Å²) in [6.07, 6.45) is -4.47. The van der Waals surface area contributed by atoms with Crippen LogP contribution in [-0.4, -0.2) is 60.6 Å². The van der Waals surface area contributed by atoms with Gasteiger partial charge in [-0.3, -0.25) is 19.7 Å². The summed E-state index contributed by atoms with van der Waals surface area (Å²) >= 11 is 0. The van der Waals surface area contributed by atoms with E-state index in [4.69, 9.17) is 4.74 Å². The van der Waals surface area contributed by atoms with Gasteiger partial charge >= 0.3 is 6.18 Å². The van der Waals surface area contributed by atoms with Crippen molar-refractivity contribution < 1.29 is 32.4 Å². The highest BCUT2D eigenvalue weighted by Crippen LogP contribution is 2.30. The smallest absolute Gasteiger partial charge is 0.422 e. The molecular weight excluding hydrogens is 457 g/mol. The van der Waals surface area contributed by atoms with Crippen LogP contribution in [0.2, 0.25) is 0 Å². The number of nitro groups is 1. The molecule has 2 amide bonds. The molecule has 12 heteroatoms. The second-order valence-corrected chi connectivity index (χ2v) is 7.69. The SMILES string of the molecule is CC(=O)N1CCN(c2ccc(C(=O)NCc3cccc(OCC(F)(F)F)c3)cc2[N+](=O)[O-])CC1. The first-order valence-electron chi connectivity index (χ1n) is 10.4. The molecule has 34 heavy (non-hydrogen) atoms. The van der Waals surface area contributed by atoms with E-state index in [1.165, 1.54) is 43.3 Å². The average molecular weight is 480 g/mol. The fourth-order valence-electron chi connectivity index (χ4n) is 3.54. The third-order valence-electron chi connectivity index (χ3n) is 5.25. The molecule has 0 aliphatic carbocycles. The number of benzene rings is 2. The third-order valence-corrected chi connectivity index (χ3v) is 5.25. The first-order valence-corrected chi connectivity index (χ1v) is 10.4. The van der Waals surface area contributed by atoms with E-state index in [1.54, 1.807) is 15.9 Å². The number of nitrogens with one attached hydrogen (secondary N) is 1. The third kappa shape index (κ3) is 6.59. The number of ether oxygens (including phenoxy) is 1. The number of halogens is 3. The van der Waals surface area contributed by atoms with Crippen LogP contribution in [0.4, 0.5) is 24.5 Å². The number of rotatable bonds is 7. The van der Waals surface area contributed by atoms with Crippen molar-refractivity contribution >= 4 is 23.2 Å². The summed E-state index contributed by atoms with van der Waals surface area (Å²) in [5.41, 5.74) is 0.704. The van der Waals surface area contributed by atoms with E-state index < -0.39 is 23.6 Å². The minimum atomic E-state index is -4.47. The summed E-state index contributed by atoms with van der Waals surface area (Å²) in [4.78, 5) is 38.6. The van der Waals surface area contributed by atoms with Gasteiger partial charge in [-0.15, -0.1) is 0 Å². The number of carbonyl (C=O) groups is 2. The Bertz CT molecular complexity index is 1070. The predicted molar refractivity (Wildman–Crippen MR) is 117 cm³/mol. The largest absolute Gasteiger partial charge is 0.484 e. The normalized spacial score (nSPS) is 14.0. The first-order chi connectivity index (χ1) is 16.0. The van der Waals surface area contributed by atoms with Gasteiger partial charge in [-0.1, -0.05) is 12.1 Å². The van der Waals surface area contributed by atoms with Crippen molar-refractivity contribution in [1.82, 2.24) is 10.2 Å². The summed E-state index contributed by atoms with van der Waals surface area (Å²) in [6.45, 7) is 1.78. The van der Waals surface area contributed by atoms with Gasteiger partial charge in [0.1, 0.15) is 11.4 Å². The summed E-state index contributed by atoms with van der Waals surface area (Å²) in [5, 5.41) is 14.3. The number of anilines is 1. The van der Waals surface area contributed by atoms with E-state index in [2.05, 4.69) is 5.32 Å². The Morgan fingerprint density at radius 3 is 2.44 bits per heavy atom. The van der Waals surface area contributed by atoms with Crippen LogP contribution in [0.5, 0.6) is 5.75 Å². The maximum atomic E-state index is 12.6. The Kier molecular flexibility index (Phi) is 7.59. The highest BCUT2D eigenvalue weighted by Gasteiger charge is 2.28. The predicted octanol–water partition coefficient (Wildman–Crippen LogP) is 3.13.